The first-order chi connectivity index (χ1) is 7.43. The first-order valence-corrected chi connectivity index (χ1v) is 6.44. The summed E-state index contributed by atoms with van der Waals surface area (Å²) in [5.41, 5.74) is 0. The SMILES string of the molecule is CC.CC.CCOCCN1CCNCC1. The maximum Gasteiger partial charge on any atom is 0.0593 e. The summed E-state index contributed by atoms with van der Waals surface area (Å²) in [5.74, 6) is 0. The third-order valence-corrected chi connectivity index (χ3v) is 1.97. The highest BCUT2D eigenvalue weighted by atomic mass is 16.5. The van der Waals surface area contributed by atoms with Crippen LogP contribution in [0.5, 0.6) is 0 Å². The molecule has 3 nitrogen and oxygen atoms in total. The van der Waals surface area contributed by atoms with E-state index in [4.69, 9.17) is 4.74 Å². The molecule has 1 aliphatic heterocycles. The largest absolute Gasteiger partial charge is 0.380 e. The van der Waals surface area contributed by atoms with Gasteiger partial charge in [0, 0.05) is 39.3 Å². The van der Waals surface area contributed by atoms with E-state index >= 15 is 0 Å². The van der Waals surface area contributed by atoms with Gasteiger partial charge >= 0.3 is 0 Å². The number of nitrogens with one attached hydrogen (secondary N) is 1. The molecule has 1 saturated heterocycles. The molecule has 0 atom stereocenters. The highest BCUT2D eigenvalue weighted by Gasteiger charge is 2.07. The van der Waals surface area contributed by atoms with E-state index in [9.17, 15) is 0 Å². The van der Waals surface area contributed by atoms with Gasteiger partial charge < -0.3 is 10.1 Å². The number of piperazine rings is 1. The second-order valence-corrected chi connectivity index (χ2v) is 2.79. The highest BCUT2D eigenvalue weighted by molar-refractivity contribution is 4.66. The van der Waals surface area contributed by atoms with Crippen LogP contribution < -0.4 is 5.32 Å². The summed E-state index contributed by atoms with van der Waals surface area (Å²) in [7, 11) is 0. The number of hydrogen-bond acceptors (Lipinski definition) is 3. The van der Waals surface area contributed by atoms with Crippen molar-refractivity contribution in [2.45, 2.75) is 34.6 Å². The van der Waals surface area contributed by atoms with Crippen LogP contribution in [-0.4, -0.2) is 50.8 Å². The maximum absolute atomic E-state index is 5.27. The Hall–Kier alpha value is -0.120. The van der Waals surface area contributed by atoms with Gasteiger partial charge in [-0.1, -0.05) is 27.7 Å². The van der Waals surface area contributed by atoms with E-state index < -0.39 is 0 Å². The summed E-state index contributed by atoms with van der Waals surface area (Å²) in [4.78, 5) is 2.44. The first kappa shape index (κ1) is 17.3. The minimum Gasteiger partial charge on any atom is -0.380 e. The fourth-order valence-corrected chi connectivity index (χ4v) is 1.27. The molecule has 1 N–H and O–H groups in total. The van der Waals surface area contributed by atoms with Crippen LogP contribution in [0.4, 0.5) is 0 Å². The van der Waals surface area contributed by atoms with E-state index in [-0.39, 0.29) is 0 Å². The van der Waals surface area contributed by atoms with E-state index in [1.54, 1.807) is 0 Å². The molecule has 15 heavy (non-hydrogen) atoms. The fourth-order valence-electron chi connectivity index (χ4n) is 1.27. The van der Waals surface area contributed by atoms with E-state index in [2.05, 4.69) is 10.2 Å². The summed E-state index contributed by atoms with van der Waals surface area (Å²) in [5, 5.41) is 3.32. The summed E-state index contributed by atoms with van der Waals surface area (Å²) in [6.45, 7) is 17.5. The predicted octanol–water partition coefficient (Wildman–Crippen LogP) is 1.98. The van der Waals surface area contributed by atoms with Gasteiger partial charge in [-0.05, 0) is 6.92 Å². The van der Waals surface area contributed by atoms with Gasteiger partial charge in [-0.25, -0.2) is 0 Å². The lowest BCUT2D eigenvalue weighted by Gasteiger charge is -2.26. The molecule has 3 heteroatoms. The van der Waals surface area contributed by atoms with Gasteiger partial charge in [0.15, 0.2) is 0 Å². The monoisotopic (exact) mass is 218 g/mol. The molecular weight excluding hydrogens is 188 g/mol. The molecule has 0 aromatic carbocycles. The Morgan fingerprint density at radius 2 is 1.60 bits per heavy atom. The van der Waals surface area contributed by atoms with E-state index in [1.807, 2.05) is 34.6 Å². The van der Waals surface area contributed by atoms with Gasteiger partial charge in [-0.15, -0.1) is 0 Å². The van der Waals surface area contributed by atoms with Crippen LogP contribution >= 0.6 is 0 Å². The van der Waals surface area contributed by atoms with Gasteiger partial charge in [0.05, 0.1) is 6.61 Å². The number of ether oxygens (including phenoxy) is 1. The zero-order valence-electron chi connectivity index (χ0n) is 11.3. The molecule has 0 unspecified atom stereocenters. The Kier molecular flexibility index (Phi) is 18.8. The number of nitrogens with zero attached hydrogens (tertiary/aromatic N) is 1. The van der Waals surface area contributed by atoms with Gasteiger partial charge in [0.1, 0.15) is 0 Å². The molecule has 94 valence electrons. The van der Waals surface area contributed by atoms with Crippen molar-refractivity contribution in [1.29, 1.82) is 0 Å². The smallest absolute Gasteiger partial charge is 0.0593 e. The van der Waals surface area contributed by atoms with Crippen LogP contribution in [0.2, 0.25) is 0 Å². The van der Waals surface area contributed by atoms with Crippen LogP contribution in [-0.2, 0) is 4.74 Å². The zero-order chi connectivity index (χ0) is 11.9. The second-order valence-electron chi connectivity index (χ2n) is 2.79. The van der Waals surface area contributed by atoms with Crippen LogP contribution in [0.25, 0.3) is 0 Å². The van der Waals surface area contributed by atoms with Crippen molar-refractivity contribution in [3.63, 3.8) is 0 Å². The minimum absolute atomic E-state index is 0.839. The molecule has 1 fully saturated rings. The Labute approximate surface area is 96.2 Å². The molecule has 0 radical (unpaired) electrons. The van der Waals surface area contributed by atoms with Crippen molar-refractivity contribution in [3.8, 4) is 0 Å². The molecule has 0 saturated carbocycles. The average molecular weight is 218 g/mol. The van der Waals surface area contributed by atoms with Crippen LogP contribution in [0.15, 0.2) is 0 Å². The van der Waals surface area contributed by atoms with Gasteiger partial charge in [-0.3, -0.25) is 4.90 Å². The first-order valence-electron chi connectivity index (χ1n) is 6.44. The predicted molar refractivity (Wildman–Crippen MR) is 68.5 cm³/mol. The summed E-state index contributed by atoms with van der Waals surface area (Å²) in [6, 6.07) is 0. The molecule has 0 aromatic rings. The van der Waals surface area contributed by atoms with Crippen LogP contribution in [0.1, 0.15) is 34.6 Å². The zero-order valence-corrected chi connectivity index (χ0v) is 11.3. The van der Waals surface area contributed by atoms with E-state index in [0.29, 0.717) is 0 Å². The molecule has 0 aliphatic carbocycles. The lowest BCUT2D eigenvalue weighted by Crippen LogP contribution is -2.44. The molecule has 1 aliphatic rings. The average Bonchev–Trinajstić information content (AvgIpc) is 2.36. The standard InChI is InChI=1S/C8H18N2O.2C2H6/c1-2-11-8-7-10-5-3-9-4-6-10;2*1-2/h9H,2-8H2,1H3;2*1-2H3. The lowest BCUT2D eigenvalue weighted by atomic mass is 10.4. The molecule has 0 aromatic heterocycles. The minimum atomic E-state index is 0.839. The molecule has 0 bridgehead atoms. The van der Waals surface area contributed by atoms with Crippen molar-refractivity contribution < 1.29 is 4.74 Å². The quantitative estimate of drug-likeness (QED) is 0.730. The van der Waals surface area contributed by atoms with Crippen molar-refractivity contribution in [3.05, 3.63) is 0 Å². The maximum atomic E-state index is 5.27. The van der Waals surface area contributed by atoms with Crippen LogP contribution in [0.3, 0.4) is 0 Å². The summed E-state index contributed by atoms with van der Waals surface area (Å²) >= 11 is 0. The van der Waals surface area contributed by atoms with Gasteiger partial charge in [-0.2, -0.15) is 0 Å². The third kappa shape index (κ3) is 11.8. The van der Waals surface area contributed by atoms with Crippen molar-refractivity contribution >= 4 is 0 Å². The third-order valence-electron chi connectivity index (χ3n) is 1.97. The molecule has 0 spiro atoms. The van der Waals surface area contributed by atoms with E-state index in [1.165, 1.54) is 13.1 Å². The van der Waals surface area contributed by atoms with Gasteiger partial charge in [0.25, 0.3) is 0 Å². The van der Waals surface area contributed by atoms with Gasteiger partial charge in [0.2, 0.25) is 0 Å². The fraction of sp³-hybridized carbons (Fsp3) is 1.00. The topological polar surface area (TPSA) is 24.5 Å². The van der Waals surface area contributed by atoms with Crippen molar-refractivity contribution in [1.82, 2.24) is 10.2 Å². The Morgan fingerprint density at radius 3 is 2.07 bits per heavy atom. The van der Waals surface area contributed by atoms with Crippen molar-refractivity contribution in [2.75, 3.05) is 45.9 Å². The lowest BCUT2D eigenvalue weighted by molar-refractivity contribution is 0.108. The van der Waals surface area contributed by atoms with Crippen molar-refractivity contribution in [2.24, 2.45) is 0 Å². The molecule has 0 amide bonds. The number of rotatable bonds is 4. The highest BCUT2D eigenvalue weighted by Crippen LogP contribution is 1.90. The Morgan fingerprint density at radius 1 is 1.07 bits per heavy atom. The van der Waals surface area contributed by atoms with Crippen LogP contribution in [0, 0.1) is 0 Å². The summed E-state index contributed by atoms with van der Waals surface area (Å²) in [6.07, 6.45) is 0. The Bertz CT molecular complexity index is 93.6. The molecule has 1 rings (SSSR count). The van der Waals surface area contributed by atoms with E-state index in [0.717, 1.165) is 32.8 Å². The second kappa shape index (κ2) is 16.3. The molecular formula is C12H30N2O. The Balaban J connectivity index is 0. The number of hydrogen-bond donors (Lipinski definition) is 1. The summed E-state index contributed by atoms with van der Waals surface area (Å²) < 4.78 is 5.27. The molecule has 1 heterocycles. The normalized spacial score (nSPS) is 15.8.